The minimum Gasteiger partial charge on any atom is -0.389 e. The van der Waals surface area contributed by atoms with Gasteiger partial charge in [0.2, 0.25) is 0 Å². The predicted octanol–water partition coefficient (Wildman–Crippen LogP) is 3.35. The first-order valence-electron chi connectivity index (χ1n) is 6.89. The lowest BCUT2D eigenvalue weighted by Gasteiger charge is -2.35. The van der Waals surface area contributed by atoms with Gasteiger partial charge in [-0.1, -0.05) is 18.5 Å². The number of aryl methyl sites for hydroxylation is 2. The smallest absolute Gasteiger partial charge is 0.0848 e. The van der Waals surface area contributed by atoms with Crippen molar-refractivity contribution in [3.63, 3.8) is 0 Å². The third-order valence-corrected chi connectivity index (χ3v) is 4.65. The molecule has 2 rings (SSSR count). The molecule has 1 aromatic heterocycles. The Bertz CT molecular complexity index is 420. The summed E-state index contributed by atoms with van der Waals surface area (Å²) in [5, 5.41) is 15.8. The van der Waals surface area contributed by atoms with Crippen LogP contribution in [-0.4, -0.2) is 20.5 Å². The molecule has 0 spiro atoms. The van der Waals surface area contributed by atoms with Gasteiger partial charge < -0.3 is 5.11 Å². The van der Waals surface area contributed by atoms with E-state index in [0.717, 1.165) is 54.6 Å². The van der Waals surface area contributed by atoms with E-state index in [0.29, 0.717) is 6.42 Å². The molecule has 1 aliphatic rings. The number of nitrogens with zero attached hydrogens (tertiary/aromatic N) is 2. The fourth-order valence-electron chi connectivity index (χ4n) is 2.83. The van der Waals surface area contributed by atoms with Gasteiger partial charge in [0.25, 0.3) is 0 Å². The van der Waals surface area contributed by atoms with E-state index in [4.69, 9.17) is 11.6 Å². The lowest BCUT2D eigenvalue weighted by molar-refractivity contribution is -0.00824. The zero-order valence-electron chi connectivity index (χ0n) is 11.5. The summed E-state index contributed by atoms with van der Waals surface area (Å²) in [7, 11) is 0. The third kappa shape index (κ3) is 2.72. The fourth-order valence-corrected chi connectivity index (χ4v) is 3.03. The van der Waals surface area contributed by atoms with Crippen molar-refractivity contribution in [1.82, 2.24) is 9.78 Å². The summed E-state index contributed by atoms with van der Waals surface area (Å²) in [5.74, 6) is 0.735. The number of aromatic nitrogens is 2. The molecule has 102 valence electrons. The molecule has 1 fully saturated rings. The Morgan fingerprint density at radius 1 is 1.44 bits per heavy atom. The van der Waals surface area contributed by atoms with Gasteiger partial charge in [-0.15, -0.1) is 0 Å². The average Bonchev–Trinajstić information content (AvgIpc) is 2.61. The van der Waals surface area contributed by atoms with E-state index in [1.807, 2.05) is 11.6 Å². The molecular formula is C14H23ClN2O. The molecule has 1 saturated carbocycles. The van der Waals surface area contributed by atoms with Gasteiger partial charge in [0.05, 0.1) is 22.0 Å². The minimum absolute atomic E-state index is 0.588. The molecule has 0 amide bonds. The molecule has 0 aromatic carbocycles. The van der Waals surface area contributed by atoms with Gasteiger partial charge in [-0.3, -0.25) is 4.68 Å². The van der Waals surface area contributed by atoms with Crippen LogP contribution in [0.15, 0.2) is 0 Å². The molecule has 0 aliphatic heterocycles. The highest BCUT2D eigenvalue weighted by Gasteiger charge is 2.34. The van der Waals surface area contributed by atoms with Crippen LogP contribution in [0, 0.1) is 12.8 Å². The number of aliphatic hydroxyl groups is 1. The predicted molar refractivity (Wildman–Crippen MR) is 73.9 cm³/mol. The summed E-state index contributed by atoms with van der Waals surface area (Å²) < 4.78 is 1.92. The van der Waals surface area contributed by atoms with Crippen LogP contribution in [0.25, 0.3) is 0 Å². The number of rotatable bonds is 3. The maximum Gasteiger partial charge on any atom is 0.0848 e. The Kier molecular flexibility index (Phi) is 4.02. The summed E-state index contributed by atoms with van der Waals surface area (Å²) in [6.07, 6.45) is 4.59. The Morgan fingerprint density at radius 2 is 2.06 bits per heavy atom. The zero-order chi connectivity index (χ0) is 13.3. The highest BCUT2D eigenvalue weighted by Crippen LogP contribution is 2.36. The number of halogens is 1. The Morgan fingerprint density at radius 3 is 2.61 bits per heavy atom. The SMILES string of the molecule is CCn1nc(C)c(Cl)c1CC1(O)CCC(C)CC1. The van der Waals surface area contributed by atoms with Crippen LogP contribution in [0.5, 0.6) is 0 Å². The topological polar surface area (TPSA) is 38.0 Å². The van der Waals surface area contributed by atoms with Crippen LogP contribution >= 0.6 is 11.6 Å². The Labute approximate surface area is 114 Å². The van der Waals surface area contributed by atoms with E-state index in [1.165, 1.54) is 0 Å². The van der Waals surface area contributed by atoms with Crippen LogP contribution < -0.4 is 0 Å². The minimum atomic E-state index is -0.588. The van der Waals surface area contributed by atoms with Crippen molar-refractivity contribution in [3.8, 4) is 0 Å². The number of hydrogen-bond acceptors (Lipinski definition) is 2. The largest absolute Gasteiger partial charge is 0.389 e. The van der Waals surface area contributed by atoms with Crippen LogP contribution in [0.1, 0.15) is 50.9 Å². The third-order valence-electron chi connectivity index (χ3n) is 4.15. The van der Waals surface area contributed by atoms with E-state index >= 15 is 0 Å². The molecule has 4 heteroatoms. The number of hydrogen-bond donors (Lipinski definition) is 1. The zero-order valence-corrected chi connectivity index (χ0v) is 12.3. The van der Waals surface area contributed by atoms with Crippen molar-refractivity contribution >= 4 is 11.6 Å². The molecule has 1 N–H and O–H groups in total. The van der Waals surface area contributed by atoms with E-state index in [1.54, 1.807) is 0 Å². The van der Waals surface area contributed by atoms with Crippen LogP contribution in [0.4, 0.5) is 0 Å². The molecule has 0 atom stereocenters. The van der Waals surface area contributed by atoms with Gasteiger partial charge >= 0.3 is 0 Å². The molecule has 0 bridgehead atoms. The van der Waals surface area contributed by atoms with Gasteiger partial charge in [-0.25, -0.2) is 0 Å². The van der Waals surface area contributed by atoms with Gasteiger partial charge in [0.15, 0.2) is 0 Å². The van der Waals surface area contributed by atoms with E-state index in [2.05, 4.69) is 18.9 Å². The molecule has 0 radical (unpaired) electrons. The van der Waals surface area contributed by atoms with Crippen molar-refractivity contribution in [2.24, 2.45) is 5.92 Å². The maximum absolute atomic E-state index is 10.7. The van der Waals surface area contributed by atoms with Crippen LogP contribution in [-0.2, 0) is 13.0 Å². The second kappa shape index (κ2) is 5.22. The molecule has 0 unspecified atom stereocenters. The van der Waals surface area contributed by atoms with Gasteiger partial charge in [0, 0.05) is 13.0 Å². The van der Waals surface area contributed by atoms with Crippen molar-refractivity contribution in [2.45, 2.75) is 65.0 Å². The van der Waals surface area contributed by atoms with Gasteiger partial charge in [-0.2, -0.15) is 5.10 Å². The standard InChI is InChI=1S/C14H23ClN2O/c1-4-17-12(13(15)11(3)16-17)9-14(18)7-5-10(2)6-8-14/h10,18H,4-9H2,1-3H3. The fraction of sp³-hybridized carbons (Fsp3) is 0.786. The molecule has 3 nitrogen and oxygen atoms in total. The second-order valence-electron chi connectivity index (χ2n) is 5.75. The summed E-state index contributed by atoms with van der Waals surface area (Å²) in [6.45, 7) is 7.03. The van der Waals surface area contributed by atoms with E-state index in [9.17, 15) is 5.11 Å². The molecule has 1 aromatic rings. The normalized spacial score (nSPS) is 28.6. The van der Waals surface area contributed by atoms with Gasteiger partial charge in [0.1, 0.15) is 0 Å². The highest BCUT2D eigenvalue weighted by atomic mass is 35.5. The molecule has 1 aliphatic carbocycles. The summed E-state index contributed by atoms with van der Waals surface area (Å²) in [6, 6.07) is 0. The molecule has 1 heterocycles. The maximum atomic E-state index is 10.7. The van der Waals surface area contributed by atoms with Crippen molar-refractivity contribution in [2.75, 3.05) is 0 Å². The van der Waals surface area contributed by atoms with Crippen LogP contribution in [0.3, 0.4) is 0 Å². The first-order valence-corrected chi connectivity index (χ1v) is 7.27. The van der Waals surface area contributed by atoms with E-state index in [-0.39, 0.29) is 0 Å². The van der Waals surface area contributed by atoms with Crippen molar-refractivity contribution < 1.29 is 5.11 Å². The first kappa shape index (κ1) is 13.9. The quantitative estimate of drug-likeness (QED) is 0.915. The molecule has 0 saturated heterocycles. The second-order valence-corrected chi connectivity index (χ2v) is 6.12. The summed E-state index contributed by atoms with van der Waals surface area (Å²) >= 11 is 6.31. The average molecular weight is 271 g/mol. The molecule has 18 heavy (non-hydrogen) atoms. The molecular weight excluding hydrogens is 248 g/mol. The summed E-state index contributed by atoms with van der Waals surface area (Å²) in [4.78, 5) is 0. The Balaban J connectivity index is 2.18. The lowest BCUT2D eigenvalue weighted by atomic mass is 9.77. The highest BCUT2D eigenvalue weighted by molar-refractivity contribution is 6.31. The van der Waals surface area contributed by atoms with Crippen molar-refractivity contribution in [3.05, 3.63) is 16.4 Å². The first-order chi connectivity index (χ1) is 8.45. The van der Waals surface area contributed by atoms with E-state index < -0.39 is 5.60 Å². The van der Waals surface area contributed by atoms with Crippen molar-refractivity contribution in [1.29, 1.82) is 0 Å². The Hall–Kier alpha value is -0.540. The lowest BCUT2D eigenvalue weighted by Crippen LogP contribution is -2.36. The van der Waals surface area contributed by atoms with Gasteiger partial charge in [-0.05, 0) is 45.4 Å². The summed E-state index contributed by atoms with van der Waals surface area (Å²) in [5.41, 5.74) is 1.27. The van der Waals surface area contributed by atoms with Crippen LogP contribution in [0.2, 0.25) is 5.02 Å². The monoisotopic (exact) mass is 270 g/mol.